The van der Waals surface area contributed by atoms with E-state index in [0.717, 1.165) is 18.2 Å². The quantitative estimate of drug-likeness (QED) is 0.183. The Kier molecular flexibility index (Phi) is 10.3. The van der Waals surface area contributed by atoms with Crippen molar-refractivity contribution in [1.29, 1.82) is 0 Å². The smallest absolute Gasteiger partial charge is 0.461 e. The summed E-state index contributed by atoms with van der Waals surface area (Å²) in [5, 5.41) is 10.7. The van der Waals surface area contributed by atoms with Crippen LogP contribution in [0.5, 0.6) is 17.2 Å². The standard InChI is InChI=1S/C27H23Cl2F5N2O7S/c1-26(2,3)35-24(39)13-4-6-20(42-21-12-18(30)14(8-16(21)28)10-23(37)38)19(9-13)36-44(40,41)22-7-5-15(11-17(22)29)43-27(33,34)25(31)32/h4-9,11-12,25,36H,10H2,1-3H3,(H,35,39)(H,37,38). The summed E-state index contributed by atoms with van der Waals surface area (Å²) in [4.78, 5) is 23.1. The van der Waals surface area contributed by atoms with Crippen molar-refractivity contribution in [3.63, 3.8) is 0 Å². The van der Waals surface area contributed by atoms with Crippen molar-refractivity contribution in [2.75, 3.05) is 4.72 Å². The van der Waals surface area contributed by atoms with Crippen LogP contribution in [0.25, 0.3) is 0 Å². The molecular formula is C27H23Cl2F5N2O7S. The van der Waals surface area contributed by atoms with Gasteiger partial charge in [-0.15, -0.1) is 0 Å². The number of carbonyl (C=O) groups is 2. The molecule has 0 bridgehead atoms. The molecule has 3 aromatic carbocycles. The van der Waals surface area contributed by atoms with Crippen LogP contribution in [0.4, 0.5) is 27.6 Å². The number of amides is 1. The Balaban J connectivity index is 2.04. The van der Waals surface area contributed by atoms with Gasteiger partial charge in [0.25, 0.3) is 15.9 Å². The number of sulfonamides is 1. The van der Waals surface area contributed by atoms with Crippen molar-refractivity contribution in [3.8, 4) is 17.2 Å². The maximum atomic E-state index is 14.6. The van der Waals surface area contributed by atoms with E-state index in [1.54, 1.807) is 20.8 Å². The van der Waals surface area contributed by atoms with Crippen LogP contribution in [-0.2, 0) is 21.2 Å². The van der Waals surface area contributed by atoms with Gasteiger partial charge in [-0.1, -0.05) is 23.2 Å². The molecule has 0 heterocycles. The van der Waals surface area contributed by atoms with Gasteiger partial charge in [0.1, 0.15) is 22.2 Å². The monoisotopic (exact) mass is 684 g/mol. The summed E-state index contributed by atoms with van der Waals surface area (Å²) in [6.45, 7) is 5.09. The molecule has 0 fully saturated rings. The van der Waals surface area contributed by atoms with Gasteiger partial charge in [-0.05, 0) is 57.2 Å². The number of alkyl halides is 4. The van der Waals surface area contributed by atoms with Gasteiger partial charge < -0.3 is 19.9 Å². The molecule has 238 valence electrons. The van der Waals surface area contributed by atoms with E-state index in [-0.39, 0.29) is 27.6 Å². The van der Waals surface area contributed by atoms with E-state index in [9.17, 15) is 40.0 Å². The highest BCUT2D eigenvalue weighted by Gasteiger charge is 2.44. The lowest BCUT2D eigenvalue weighted by Gasteiger charge is -2.21. The van der Waals surface area contributed by atoms with E-state index in [0.29, 0.717) is 18.2 Å². The summed E-state index contributed by atoms with van der Waals surface area (Å²) >= 11 is 12.1. The number of carboxylic acid groups (broad SMARTS) is 1. The maximum absolute atomic E-state index is 14.6. The second-order valence-corrected chi connectivity index (χ2v) is 12.6. The maximum Gasteiger partial charge on any atom is 0.461 e. The van der Waals surface area contributed by atoms with E-state index >= 15 is 0 Å². The Morgan fingerprint density at radius 2 is 1.64 bits per heavy atom. The van der Waals surface area contributed by atoms with Crippen LogP contribution in [0.1, 0.15) is 36.7 Å². The van der Waals surface area contributed by atoms with E-state index in [1.165, 1.54) is 12.1 Å². The first-order chi connectivity index (χ1) is 20.2. The molecule has 1 amide bonds. The minimum Gasteiger partial charge on any atom is -0.481 e. The lowest BCUT2D eigenvalue weighted by atomic mass is 10.1. The minimum atomic E-state index is -4.88. The summed E-state index contributed by atoms with van der Waals surface area (Å²) in [7, 11) is -4.71. The third-order valence-electron chi connectivity index (χ3n) is 5.34. The molecule has 3 N–H and O–H groups in total. The summed E-state index contributed by atoms with van der Waals surface area (Å²) in [5.74, 6) is -4.43. The molecule has 17 heteroatoms. The SMILES string of the molecule is CC(C)(C)NC(=O)c1ccc(Oc2cc(F)c(CC(=O)O)cc2Cl)c(NS(=O)(=O)c2ccc(OC(F)(F)C(F)F)cc2Cl)c1. The average Bonchev–Trinajstić information content (AvgIpc) is 2.86. The van der Waals surface area contributed by atoms with Gasteiger partial charge in [-0.2, -0.15) is 17.6 Å². The Bertz CT molecular complexity index is 1700. The number of rotatable bonds is 11. The molecule has 44 heavy (non-hydrogen) atoms. The van der Waals surface area contributed by atoms with E-state index in [2.05, 4.69) is 14.8 Å². The Morgan fingerprint density at radius 3 is 2.20 bits per heavy atom. The second-order valence-electron chi connectivity index (χ2n) is 10.1. The van der Waals surface area contributed by atoms with Crippen LogP contribution in [0, 0.1) is 5.82 Å². The van der Waals surface area contributed by atoms with Gasteiger partial charge in [0.2, 0.25) is 0 Å². The zero-order valence-electron chi connectivity index (χ0n) is 22.9. The molecule has 0 aromatic heterocycles. The third kappa shape index (κ3) is 8.86. The van der Waals surface area contributed by atoms with Crippen LogP contribution < -0.4 is 19.5 Å². The van der Waals surface area contributed by atoms with Crippen molar-refractivity contribution in [2.24, 2.45) is 0 Å². The molecule has 0 unspecified atom stereocenters. The fourth-order valence-electron chi connectivity index (χ4n) is 3.48. The van der Waals surface area contributed by atoms with Crippen molar-refractivity contribution in [2.45, 2.75) is 50.2 Å². The molecule has 0 aliphatic carbocycles. The van der Waals surface area contributed by atoms with Crippen molar-refractivity contribution in [3.05, 3.63) is 75.5 Å². The summed E-state index contributed by atoms with van der Waals surface area (Å²) in [6, 6.07) is 7.26. The summed E-state index contributed by atoms with van der Waals surface area (Å²) < 4.78 is 104. The highest BCUT2D eigenvalue weighted by molar-refractivity contribution is 7.92. The van der Waals surface area contributed by atoms with Crippen LogP contribution in [0.2, 0.25) is 10.0 Å². The van der Waals surface area contributed by atoms with Crippen molar-refractivity contribution in [1.82, 2.24) is 5.32 Å². The Labute approximate surface area is 257 Å². The molecule has 0 spiro atoms. The number of halogens is 7. The highest BCUT2D eigenvalue weighted by Crippen LogP contribution is 2.38. The number of ether oxygens (including phenoxy) is 2. The lowest BCUT2D eigenvalue weighted by molar-refractivity contribution is -0.253. The molecule has 0 radical (unpaired) electrons. The molecule has 3 aromatic rings. The second kappa shape index (κ2) is 13.0. The third-order valence-corrected chi connectivity index (χ3v) is 7.48. The van der Waals surface area contributed by atoms with Crippen molar-refractivity contribution < 1.29 is 54.5 Å². The first kappa shape index (κ1) is 34.7. The van der Waals surface area contributed by atoms with Gasteiger partial charge in [-0.3, -0.25) is 14.3 Å². The van der Waals surface area contributed by atoms with Gasteiger partial charge >= 0.3 is 18.5 Å². The number of carboxylic acids is 1. The number of nitrogens with one attached hydrogen (secondary N) is 2. The van der Waals surface area contributed by atoms with Gasteiger partial charge in [0.15, 0.2) is 5.75 Å². The highest BCUT2D eigenvalue weighted by atomic mass is 35.5. The van der Waals surface area contributed by atoms with Gasteiger partial charge in [0, 0.05) is 28.8 Å². The average molecular weight is 685 g/mol. The number of anilines is 1. The van der Waals surface area contributed by atoms with Gasteiger partial charge in [0.05, 0.1) is 22.2 Å². The van der Waals surface area contributed by atoms with E-state index < -0.39 is 73.6 Å². The first-order valence-electron chi connectivity index (χ1n) is 12.2. The van der Waals surface area contributed by atoms with Crippen LogP contribution in [-0.4, -0.2) is 43.5 Å². The van der Waals surface area contributed by atoms with E-state index in [4.69, 9.17) is 33.0 Å². The predicted octanol–water partition coefficient (Wildman–Crippen LogP) is 7.12. The largest absolute Gasteiger partial charge is 0.481 e. The molecule has 0 atom stereocenters. The normalized spacial score (nSPS) is 12.2. The number of carbonyl (C=O) groups excluding carboxylic acids is 1. The molecule has 9 nitrogen and oxygen atoms in total. The number of aliphatic carboxylic acids is 1. The Morgan fingerprint density at radius 1 is 0.977 bits per heavy atom. The fraction of sp³-hybridized carbons (Fsp3) is 0.259. The molecule has 0 saturated heterocycles. The molecule has 0 aliphatic rings. The molecule has 0 saturated carbocycles. The molecular weight excluding hydrogens is 662 g/mol. The lowest BCUT2D eigenvalue weighted by Crippen LogP contribution is -2.40. The Hall–Kier alpha value is -3.82. The zero-order valence-corrected chi connectivity index (χ0v) is 25.2. The van der Waals surface area contributed by atoms with Crippen LogP contribution in [0.15, 0.2) is 53.4 Å². The van der Waals surface area contributed by atoms with E-state index in [1.807, 2.05) is 0 Å². The van der Waals surface area contributed by atoms with Gasteiger partial charge in [-0.25, -0.2) is 12.8 Å². The predicted molar refractivity (Wildman–Crippen MR) is 150 cm³/mol. The number of hydrogen-bond donors (Lipinski definition) is 3. The molecule has 0 aliphatic heterocycles. The molecule has 3 rings (SSSR count). The topological polar surface area (TPSA) is 131 Å². The summed E-state index contributed by atoms with van der Waals surface area (Å²) in [6.07, 6.45) is -9.74. The first-order valence-corrected chi connectivity index (χ1v) is 14.4. The fourth-order valence-corrected chi connectivity index (χ4v) is 5.30. The summed E-state index contributed by atoms with van der Waals surface area (Å²) in [5.41, 5.74) is -1.38. The van der Waals surface area contributed by atoms with Crippen LogP contribution in [0.3, 0.4) is 0 Å². The van der Waals surface area contributed by atoms with Crippen LogP contribution >= 0.6 is 23.2 Å². The number of benzene rings is 3. The van der Waals surface area contributed by atoms with Crippen molar-refractivity contribution >= 4 is 50.8 Å². The minimum absolute atomic E-state index is 0.0527. The number of hydrogen-bond acceptors (Lipinski definition) is 6. The zero-order chi connectivity index (χ0) is 33.2.